The maximum atomic E-state index is 12.8. The number of β-amino-alcohol motifs (C(OH)–C–C–N with tert-alkyl or cyclic N) is 1. The van der Waals surface area contributed by atoms with Crippen LogP contribution in [-0.4, -0.2) is 67.8 Å². The van der Waals surface area contributed by atoms with Gasteiger partial charge in [-0.05, 0) is 65.6 Å². The molecule has 10 nitrogen and oxygen atoms in total. The molecule has 2 N–H and O–H groups in total. The third-order valence-electron chi connectivity index (χ3n) is 6.64. The molecule has 3 aromatic rings. The molecule has 1 aromatic heterocycles. The number of nitrogens with one attached hydrogen (secondary N) is 1. The first-order valence-electron chi connectivity index (χ1n) is 11.3. The molecule has 2 aliphatic rings. The number of aliphatic hydroxyl groups excluding tert-OH is 1. The Morgan fingerprint density at radius 2 is 2.09 bits per heavy atom. The zero-order valence-corrected chi connectivity index (χ0v) is 18.8. The fourth-order valence-electron chi connectivity index (χ4n) is 4.67. The lowest BCUT2D eigenvalue weighted by molar-refractivity contribution is 0.0534. The zero-order valence-electron chi connectivity index (χ0n) is 18.8. The van der Waals surface area contributed by atoms with Crippen molar-refractivity contribution < 1.29 is 19.4 Å². The minimum atomic E-state index is -0.652. The number of aliphatic hydroxyl groups is 1. The molecule has 0 bridgehead atoms. The van der Waals surface area contributed by atoms with Gasteiger partial charge in [0, 0.05) is 36.8 Å². The van der Waals surface area contributed by atoms with Gasteiger partial charge in [-0.2, -0.15) is 0 Å². The molecule has 0 saturated carbocycles. The average Bonchev–Trinajstić information content (AvgIpc) is 3.51. The van der Waals surface area contributed by atoms with E-state index in [1.54, 1.807) is 24.3 Å². The van der Waals surface area contributed by atoms with E-state index < -0.39 is 6.10 Å². The van der Waals surface area contributed by atoms with Crippen LogP contribution in [0, 0.1) is 6.92 Å². The summed E-state index contributed by atoms with van der Waals surface area (Å²) in [6, 6.07) is 10.8. The molecule has 1 saturated heterocycles. The van der Waals surface area contributed by atoms with Crippen LogP contribution in [0.15, 0.2) is 42.7 Å². The number of fused-ring (bicyclic) bond motifs is 1. The Balaban J connectivity index is 1.15. The number of esters is 1. The molecule has 0 spiro atoms. The van der Waals surface area contributed by atoms with Crippen LogP contribution in [-0.2, 0) is 11.3 Å². The number of aromatic nitrogens is 4. The Morgan fingerprint density at radius 1 is 1.26 bits per heavy atom. The number of rotatable bonds is 6. The summed E-state index contributed by atoms with van der Waals surface area (Å²) in [6.45, 7) is 4.25. The zero-order chi connectivity index (χ0) is 23.7. The highest BCUT2D eigenvalue weighted by atomic mass is 16.5. The lowest BCUT2D eigenvalue weighted by Crippen LogP contribution is -2.45. The summed E-state index contributed by atoms with van der Waals surface area (Å²) in [5.41, 5.74) is 4.48. The van der Waals surface area contributed by atoms with E-state index in [1.165, 1.54) is 11.0 Å². The van der Waals surface area contributed by atoms with Crippen LogP contribution in [0.4, 0.5) is 0 Å². The van der Waals surface area contributed by atoms with Gasteiger partial charge in [0.2, 0.25) is 0 Å². The molecule has 1 atom stereocenters. The molecule has 10 heteroatoms. The van der Waals surface area contributed by atoms with Crippen molar-refractivity contribution in [3.63, 3.8) is 0 Å². The number of carbonyl (C=O) groups excluding carboxylic acids is 2. The van der Waals surface area contributed by atoms with Gasteiger partial charge in [-0.1, -0.05) is 12.1 Å². The van der Waals surface area contributed by atoms with Gasteiger partial charge in [0.15, 0.2) is 0 Å². The monoisotopic (exact) mass is 462 g/mol. The molecule has 1 fully saturated rings. The third kappa shape index (κ3) is 4.42. The Hall–Kier alpha value is -3.63. The van der Waals surface area contributed by atoms with Crippen LogP contribution in [0.2, 0.25) is 0 Å². The summed E-state index contributed by atoms with van der Waals surface area (Å²) in [6.07, 6.45) is 2.44. The number of carbonyl (C=O) groups is 2. The Morgan fingerprint density at radius 3 is 2.85 bits per heavy atom. The smallest absolute Gasteiger partial charge is 0.338 e. The highest BCUT2D eigenvalue weighted by molar-refractivity contribution is 5.95. The quantitative estimate of drug-likeness (QED) is 0.530. The molecule has 2 aliphatic heterocycles. The van der Waals surface area contributed by atoms with E-state index in [0.717, 1.165) is 48.3 Å². The lowest BCUT2D eigenvalue weighted by atomic mass is 9.94. The first-order valence-corrected chi connectivity index (χ1v) is 11.3. The molecule has 1 unspecified atom stereocenters. The van der Waals surface area contributed by atoms with Crippen LogP contribution in [0.3, 0.4) is 0 Å². The predicted molar refractivity (Wildman–Crippen MR) is 121 cm³/mol. The summed E-state index contributed by atoms with van der Waals surface area (Å²) < 4.78 is 6.62. The SMILES string of the molecule is Cc1c(C(O)CN2CCC(NC(=O)c3cccc(-n4cnnn4)c3)CC2)ccc2c1COC2=O. The molecule has 1 amide bonds. The molecule has 176 valence electrons. The van der Waals surface area contributed by atoms with Crippen LogP contribution >= 0.6 is 0 Å². The number of ether oxygens (including phenoxy) is 1. The topological polar surface area (TPSA) is 122 Å². The Labute approximate surface area is 196 Å². The third-order valence-corrected chi connectivity index (χ3v) is 6.64. The van der Waals surface area contributed by atoms with Gasteiger partial charge in [-0.3, -0.25) is 4.79 Å². The first-order chi connectivity index (χ1) is 16.5. The number of likely N-dealkylation sites (tertiary alicyclic amines) is 1. The van der Waals surface area contributed by atoms with Crippen molar-refractivity contribution in [1.29, 1.82) is 0 Å². The summed E-state index contributed by atoms with van der Waals surface area (Å²) in [5, 5.41) is 25.1. The van der Waals surface area contributed by atoms with E-state index in [1.807, 2.05) is 19.1 Å². The number of benzene rings is 2. The summed E-state index contributed by atoms with van der Waals surface area (Å²) in [7, 11) is 0. The van der Waals surface area contributed by atoms with Crippen molar-refractivity contribution in [3.8, 4) is 5.69 Å². The second kappa shape index (κ2) is 9.32. The van der Waals surface area contributed by atoms with Gasteiger partial charge in [0.05, 0.1) is 17.4 Å². The molecule has 34 heavy (non-hydrogen) atoms. The van der Waals surface area contributed by atoms with E-state index in [-0.39, 0.29) is 24.5 Å². The molecular formula is C24H26N6O4. The number of amides is 1. The van der Waals surface area contributed by atoms with Crippen molar-refractivity contribution in [2.24, 2.45) is 0 Å². The molecule has 0 aliphatic carbocycles. The Kier molecular flexibility index (Phi) is 6.08. The number of hydrogen-bond acceptors (Lipinski definition) is 8. The van der Waals surface area contributed by atoms with Crippen LogP contribution in [0.1, 0.15) is 56.4 Å². The molecule has 3 heterocycles. The molecule has 5 rings (SSSR count). The summed E-state index contributed by atoms with van der Waals surface area (Å²) >= 11 is 0. The van der Waals surface area contributed by atoms with Crippen molar-refractivity contribution in [2.45, 2.75) is 38.5 Å². The van der Waals surface area contributed by atoms with Crippen LogP contribution in [0.25, 0.3) is 5.69 Å². The van der Waals surface area contributed by atoms with E-state index in [0.29, 0.717) is 17.7 Å². The number of nitrogens with zero attached hydrogens (tertiary/aromatic N) is 5. The van der Waals surface area contributed by atoms with Gasteiger partial charge in [-0.15, -0.1) is 5.10 Å². The second-order valence-corrected chi connectivity index (χ2v) is 8.75. The van der Waals surface area contributed by atoms with Crippen LogP contribution in [0.5, 0.6) is 0 Å². The predicted octanol–water partition coefficient (Wildman–Crippen LogP) is 1.57. The maximum absolute atomic E-state index is 12.8. The highest BCUT2D eigenvalue weighted by Crippen LogP contribution is 2.29. The van der Waals surface area contributed by atoms with Crippen molar-refractivity contribution in [1.82, 2.24) is 30.4 Å². The average molecular weight is 463 g/mol. The lowest BCUT2D eigenvalue weighted by Gasteiger charge is -2.33. The molecule has 2 aromatic carbocycles. The van der Waals surface area contributed by atoms with Gasteiger partial charge in [-0.25, -0.2) is 9.48 Å². The second-order valence-electron chi connectivity index (χ2n) is 8.75. The number of hydrogen-bond donors (Lipinski definition) is 2. The number of tetrazole rings is 1. The highest BCUT2D eigenvalue weighted by Gasteiger charge is 2.27. The summed E-state index contributed by atoms with van der Waals surface area (Å²) in [5.74, 6) is -0.427. The minimum absolute atomic E-state index is 0.0717. The largest absolute Gasteiger partial charge is 0.457 e. The first kappa shape index (κ1) is 22.2. The number of piperidine rings is 1. The summed E-state index contributed by atoms with van der Waals surface area (Å²) in [4.78, 5) is 26.7. The van der Waals surface area contributed by atoms with Gasteiger partial charge >= 0.3 is 5.97 Å². The van der Waals surface area contributed by atoms with E-state index >= 15 is 0 Å². The standard InChI is InChI=1S/C24H26N6O4/c1-15-19(5-6-20-21(15)13-34-24(20)33)22(31)12-29-9-7-17(8-10-29)26-23(32)16-3-2-4-18(11-16)30-14-25-27-28-30/h2-6,11,14,17,22,31H,7-10,12-13H2,1H3,(H,26,32). The molecular weight excluding hydrogens is 436 g/mol. The van der Waals surface area contributed by atoms with Crippen LogP contribution < -0.4 is 5.32 Å². The number of cyclic esters (lactones) is 1. The van der Waals surface area contributed by atoms with E-state index in [9.17, 15) is 14.7 Å². The molecule has 0 radical (unpaired) electrons. The van der Waals surface area contributed by atoms with Crippen molar-refractivity contribution in [2.75, 3.05) is 19.6 Å². The minimum Gasteiger partial charge on any atom is -0.457 e. The van der Waals surface area contributed by atoms with E-state index in [2.05, 4.69) is 25.7 Å². The fourth-order valence-corrected chi connectivity index (χ4v) is 4.67. The fraction of sp³-hybridized carbons (Fsp3) is 0.375. The van der Waals surface area contributed by atoms with Gasteiger partial charge in [0.1, 0.15) is 12.9 Å². The van der Waals surface area contributed by atoms with Gasteiger partial charge < -0.3 is 20.1 Å². The van der Waals surface area contributed by atoms with E-state index in [4.69, 9.17) is 4.74 Å². The maximum Gasteiger partial charge on any atom is 0.338 e. The Bertz CT molecular complexity index is 1200. The van der Waals surface area contributed by atoms with Gasteiger partial charge in [0.25, 0.3) is 5.91 Å². The normalized spacial score (nSPS) is 17.3. The van der Waals surface area contributed by atoms with Crippen molar-refractivity contribution in [3.05, 3.63) is 70.5 Å². The van der Waals surface area contributed by atoms with Crippen molar-refractivity contribution >= 4 is 11.9 Å².